The Kier molecular flexibility index (Phi) is 15.2. The standard InChI is InChI=1S/C25H20N2.C24H18N2.C21H20N2.C20H18N2.C17H13N3/c1-25(2)14-17-15-26-24-20-11-7-6-10-19(20)22-18(16-8-4-3-5-9-16)12-13-21(25)23(22)27(17)24;1-15-21(16-7-3-2-4-8-16)13-17-11-12-18-14-25-24-20-10-6-5-9-19(20)22(15)23(17)26(18)24;1-12-9-10-16-19-18(12)14-7-5-6-8-15(14)20-22-13(2)17(23(19)20)11-21(16,3)4;1-12-8-9-13-10-20(2,3)16-11-21-19-15-7-5-4-6-14(15)17(12)18(13)22(16)19;1-10-2-3-11-4-5-12-8-19-17-14-9-18-7-6-13(14)15(10)16(11)20(12)17/h3-13,15H,14H2,1-2H3;2-10,13-14H,11-12H2,1H3;5-10H,11H2,1-4H3;4-9,11H,10H2,1-3H3;2-3,6-9H,4-5H2,1H3. The van der Waals surface area contributed by atoms with E-state index >= 15 is 0 Å². The molecule has 0 radical (unpaired) electrons. The molecule has 27 rings (SSSR count). The normalized spacial score (nSPS) is 14.9. The number of imidazole rings is 5. The monoisotopic (exact) mass is 1530 g/mol. The number of rotatable bonds is 2. The average Bonchev–Trinajstić information content (AvgIpc) is 1.41. The quantitative estimate of drug-likeness (QED) is 0.160. The van der Waals surface area contributed by atoms with Crippen LogP contribution in [0.15, 0.2) is 256 Å². The summed E-state index contributed by atoms with van der Waals surface area (Å²) in [5.41, 5.74) is 38.1. The van der Waals surface area contributed by atoms with E-state index in [0.29, 0.717) is 0 Å². The molecular weight excluding hydrogens is 1440 g/mol. The van der Waals surface area contributed by atoms with Gasteiger partial charge in [0.05, 0.1) is 33.3 Å². The third kappa shape index (κ3) is 10.1. The third-order valence-corrected chi connectivity index (χ3v) is 27.3. The predicted molar refractivity (Wildman–Crippen MR) is 488 cm³/mol. The Morgan fingerprint density at radius 3 is 1.34 bits per heavy atom. The SMILES string of the molecule is CC1(C)Cc2cnc3c4ccccc4c4c(-c5ccccc5)ccc1c4n23.Cc1c(-c2ccccc2)cc2c3c1c1ccccc1c1ncc(n13)CC2.Cc1ccc2c3c1c1ccccc1c1ncc(n13)C(C)(C)C2.Cc1ccc2c3c1c1ccncc1c1ncc(n13)CC2.Cc1nc2c3ccccc3c3c(C)ccc4c3n2c1CC4(C)C. The first-order valence-electron chi connectivity index (χ1n) is 41.9. The Hall–Kier alpha value is -13.4. The van der Waals surface area contributed by atoms with Gasteiger partial charge in [0, 0.05) is 125 Å². The van der Waals surface area contributed by atoms with E-state index in [-0.39, 0.29) is 16.2 Å². The molecule has 22 aromatic rings. The summed E-state index contributed by atoms with van der Waals surface area (Å²) in [4.78, 5) is 28.3. The van der Waals surface area contributed by atoms with Crippen molar-refractivity contribution in [3.63, 3.8) is 0 Å². The molecule has 11 aromatic heterocycles. The van der Waals surface area contributed by atoms with E-state index in [2.05, 4.69) is 345 Å². The summed E-state index contributed by atoms with van der Waals surface area (Å²) in [6, 6.07) is 79.2. The van der Waals surface area contributed by atoms with E-state index < -0.39 is 0 Å². The minimum Gasteiger partial charge on any atom is -0.296 e. The highest BCUT2D eigenvalue weighted by Crippen LogP contribution is 2.49. The zero-order chi connectivity index (χ0) is 79.7. The van der Waals surface area contributed by atoms with Crippen LogP contribution in [0.25, 0.3) is 159 Å². The number of hydrogen-bond acceptors (Lipinski definition) is 6. The second kappa shape index (κ2) is 25.6. The summed E-state index contributed by atoms with van der Waals surface area (Å²) >= 11 is 0. The fourth-order valence-electron chi connectivity index (χ4n) is 21.8. The van der Waals surface area contributed by atoms with Crippen LogP contribution < -0.4 is 0 Å². The lowest BCUT2D eigenvalue weighted by molar-refractivity contribution is 0.494. The van der Waals surface area contributed by atoms with E-state index in [9.17, 15) is 0 Å². The van der Waals surface area contributed by atoms with E-state index in [1.807, 2.05) is 18.6 Å². The molecule has 0 atom stereocenters. The topological polar surface area (TPSA) is 99.4 Å². The van der Waals surface area contributed by atoms with Crippen molar-refractivity contribution in [1.29, 1.82) is 0 Å². The highest BCUT2D eigenvalue weighted by Gasteiger charge is 2.37. The second-order valence-electron chi connectivity index (χ2n) is 35.8. The molecule has 572 valence electrons. The van der Waals surface area contributed by atoms with Gasteiger partial charge in [0.2, 0.25) is 0 Å². The Bertz CT molecular complexity index is 8120. The fraction of sp³-hybridized carbons (Fsp3) is 0.196. The van der Waals surface area contributed by atoms with Crippen molar-refractivity contribution >= 4 is 137 Å². The van der Waals surface area contributed by atoms with Crippen LogP contribution in [0.3, 0.4) is 0 Å². The van der Waals surface area contributed by atoms with Crippen LogP contribution in [0.4, 0.5) is 0 Å². The van der Waals surface area contributed by atoms with Gasteiger partial charge >= 0.3 is 0 Å². The molecule has 118 heavy (non-hydrogen) atoms. The van der Waals surface area contributed by atoms with Crippen LogP contribution >= 0.6 is 0 Å². The number of nitrogens with zero attached hydrogens (tertiary/aromatic N) is 11. The van der Waals surface area contributed by atoms with Gasteiger partial charge in [0.1, 0.15) is 28.2 Å². The van der Waals surface area contributed by atoms with E-state index in [4.69, 9.17) is 19.9 Å². The van der Waals surface area contributed by atoms with Crippen LogP contribution in [0, 0.1) is 34.6 Å². The van der Waals surface area contributed by atoms with Crippen molar-refractivity contribution in [2.24, 2.45) is 0 Å². The highest BCUT2D eigenvalue weighted by molar-refractivity contribution is 6.20. The maximum absolute atomic E-state index is 4.95. The Balaban J connectivity index is 0.0000000868. The predicted octanol–water partition coefficient (Wildman–Crippen LogP) is 25.2. The molecule has 0 amide bonds. The summed E-state index contributed by atoms with van der Waals surface area (Å²) < 4.78 is 12.0. The van der Waals surface area contributed by atoms with Gasteiger partial charge in [-0.2, -0.15) is 0 Å². The van der Waals surface area contributed by atoms with Crippen molar-refractivity contribution < 1.29 is 0 Å². The number of fused-ring (bicyclic) bond motifs is 15. The molecule has 0 saturated heterocycles. The lowest BCUT2D eigenvalue weighted by Crippen LogP contribution is -2.27. The lowest BCUT2D eigenvalue weighted by Gasteiger charge is -2.32. The van der Waals surface area contributed by atoms with Crippen LogP contribution in [-0.2, 0) is 61.2 Å². The molecule has 0 saturated carbocycles. The van der Waals surface area contributed by atoms with Gasteiger partial charge in [-0.15, -0.1) is 0 Å². The summed E-state index contributed by atoms with van der Waals surface area (Å²) in [6.07, 6.45) is 19.5. The summed E-state index contributed by atoms with van der Waals surface area (Å²) in [5, 5.41) is 19.5. The lowest BCUT2D eigenvalue weighted by atomic mass is 9.76. The van der Waals surface area contributed by atoms with Crippen molar-refractivity contribution in [3.05, 3.63) is 340 Å². The molecule has 5 aliphatic heterocycles. The summed E-state index contributed by atoms with van der Waals surface area (Å²) in [5.74, 6) is 0. The first kappa shape index (κ1) is 70.1. The number of benzene rings is 11. The Morgan fingerprint density at radius 2 is 0.729 bits per heavy atom. The van der Waals surface area contributed by atoms with E-state index in [1.165, 1.54) is 209 Å². The van der Waals surface area contributed by atoms with Gasteiger partial charge in [-0.25, -0.2) is 24.9 Å². The number of aryl methyl sites for hydroxylation is 9. The molecule has 0 bridgehead atoms. The second-order valence-corrected chi connectivity index (χ2v) is 35.8. The minimum atomic E-state index is 0.0961. The molecule has 0 spiro atoms. The molecule has 11 nitrogen and oxygen atoms in total. The van der Waals surface area contributed by atoms with Gasteiger partial charge < -0.3 is 0 Å². The maximum atomic E-state index is 4.95. The third-order valence-electron chi connectivity index (χ3n) is 27.3. The zero-order valence-corrected chi connectivity index (χ0v) is 68.6. The smallest absolute Gasteiger partial charge is 0.146 e. The largest absolute Gasteiger partial charge is 0.296 e. The summed E-state index contributed by atoms with van der Waals surface area (Å²) in [7, 11) is 0. The molecule has 0 unspecified atom stereocenters. The molecule has 11 aromatic carbocycles. The first-order valence-corrected chi connectivity index (χ1v) is 41.9. The van der Waals surface area contributed by atoms with E-state index in [1.54, 1.807) is 0 Å². The molecule has 16 heterocycles. The number of pyridine rings is 6. The van der Waals surface area contributed by atoms with Crippen molar-refractivity contribution in [2.75, 3.05) is 0 Å². The van der Waals surface area contributed by atoms with Crippen LogP contribution in [0.2, 0.25) is 0 Å². The van der Waals surface area contributed by atoms with Gasteiger partial charge in [-0.05, 0) is 202 Å². The van der Waals surface area contributed by atoms with Crippen molar-refractivity contribution in [3.8, 4) is 22.3 Å². The average molecular weight is 1530 g/mol. The number of aromatic nitrogens is 11. The molecule has 0 fully saturated rings. The highest BCUT2D eigenvalue weighted by atomic mass is 15.1. The Labute approximate surface area is 683 Å². The molecule has 0 N–H and O–H groups in total. The Morgan fingerprint density at radius 1 is 0.297 bits per heavy atom. The number of hydrogen-bond donors (Lipinski definition) is 0. The molecule has 5 aliphatic rings. The van der Waals surface area contributed by atoms with E-state index in [0.717, 1.165) is 78.6 Å². The van der Waals surface area contributed by atoms with Gasteiger partial charge in [-0.1, -0.05) is 248 Å². The molecule has 11 heteroatoms. The van der Waals surface area contributed by atoms with Crippen molar-refractivity contribution in [1.82, 2.24) is 51.9 Å². The van der Waals surface area contributed by atoms with Gasteiger partial charge in [0.15, 0.2) is 0 Å². The summed E-state index contributed by atoms with van der Waals surface area (Å²) in [6.45, 7) is 25.1. The van der Waals surface area contributed by atoms with Gasteiger partial charge in [-0.3, -0.25) is 27.0 Å². The zero-order valence-electron chi connectivity index (χ0n) is 68.6. The maximum Gasteiger partial charge on any atom is 0.146 e. The molecule has 0 aliphatic carbocycles. The fourth-order valence-corrected chi connectivity index (χ4v) is 21.8. The first-order chi connectivity index (χ1) is 57.4. The van der Waals surface area contributed by atoms with Crippen LogP contribution in [0.5, 0.6) is 0 Å². The van der Waals surface area contributed by atoms with Crippen molar-refractivity contribution in [2.45, 2.75) is 137 Å². The van der Waals surface area contributed by atoms with Crippen LogP contribution in [0.1, 0.15) is 126 Å². The molecular formula is C107H89N11. The van der Waals surface area contributed by atoms with Crippen LogP contribution in [-0.4, -0.2) is 51.9 Å². The van der Waals surface area contributed by atoms with Gasteiger partial charge in [0.25, 0.3) is 0 Å². The minimum absolute atomic E-state index is 0.0961.